The summed E-state index contributed by atoms with van der Waals surface area (Å²) in [6.07, 6.45) is -2.05. The van der Waals surface area contributed by atoms with E-state index in [0.717, 1.165) is 6.26 Å². The molecule has 0 aliphatic carbocycles. The molecule has 1 saturated heterocycles. The molecule has 0 spiro atoms. The Hall–Kier alpha value is 0.01000. The second kappa shape index (κ2) is 4.71. The number of alkyl halides is 3. The largest absolute Gasteiger partial charge is 0.406 e. The molecule has 0 aromatic heterocycles. The molecular weight excluding hydrogens is 265 g/mol. The summed E-state index contributed by atoms with van der Waals surface area (Å²) >= 11 is 1.19. The maximum atomic E-state index is 12.7. The summed E-state index contributed by atoms with van der Waals surface area (Å²) in [5.41, 5.74) is 0. The van der Waals surface area contributed by atoms with E-state index in [9.17, 15) is 21.6 Å². The molecule has 0 N–H and O–H groups in total. The quantitative estimate of drug-likeness (QED) is 0.700. The van der Waals surface area contributed by atoms with Crippen LogP contribution in [0.15, 0.2) is 0 Å². The third-order valence-electron chi connectivity index (χ3n) is 2.36. The van der Waals surface area contributed by atoms with Crippen molar-refractivity contribution in [3.05, 3.63) is 0 Å². The summed E-state index contributed by atoms with van der Waals surface area (Å²) in [6, 6.07) is -1.94. The molecule has 1 aliphatic rings. The monoisotopic (exact) mass is 278 g/mol. The van der Waals surface area contributed by atoms with Crippen molar-refractivity contribution >= 4 is 22.0 Å². The molecule has 1 unspecified atom stereocenters. The van der Waals surface area contributed by atoms with Gasteiger partial charge in [-0.15, -0.1) is 0 Å². The van der Waals surface area contributed by atoms with Crippen molar-refractivity contribution in [3.63, 3.8) is 0 Å². The van der Waals surface area contributed by atoms with E-state index in [2.05, 4.69) is 0 Å². The minimum absolute atomic E-state index is 0.121. The van der Waals surface area contributed by atoms with Gasteiger partial charge in [0.05, 0.1) is 6.26 Å². The van der Waals surface area contributed by atoms with Gasteiger partial charge in [0.15, 0.2) is 0 Å². The van der Waals surface area contributed by atoms with E-state index in [1.54, 1.807) is 6.26 Å². The first kappa shape index (κ1) is 14.1. The van der Waals surface area contributed by atoms with E-state index >= 15 is 0 Å². The van der Waals surface area contributed by atoms with Gasteiger partial charge in [-0.2, -0.15) is 17.5 Å². The summed E-state index contributed by atoms with van der Waals surface area (Å²) in [4.78, 5) is 0. The fourth-order valence-electron chi connectivity index (χ4n) is 1.57. The molecule has 4 nitrogen and oxygen atoms in total. The zero-order valence-electron chi connectivity index (χ0n) is 8.86. The maximum Gasteiger partial charge on any atom is 0.406 e. The van der Waals surface area contributed by atoms with Crippen LogP contribution in [0.2, 0.25) is 0 Å². The van der Waals surface area contributed by atoms with Crippen LogP contribution in [0.5, 0.6) is 0 Å². The van der Waals surface area contributed by atoms with Gasteiger partial charge in [-0.25, -0.2) is 12.7 Å². The summed E-state index contributed by atoms with van der Waals surface area (Å²) in [5.74, 6) is 0. The van der Waals surface area contributed by atoms with Crippen molar-refractivity contribution in [3.8, 4) is 0 Å². The van der Waals surface area contributed by atoms with Crippen molar-refractivity contribution in [2.75, 3.05) is 32.1 Å². The third-order valence-corrected chi connectivity index (χ3v) is 4.49. The highest BCUT2D eigenvalue weighted by Crippen LogP contribution is 2.30. The summed E-state index contributed by atoms with van der Waals surface area (Å²) in [7, 11) is -3.81. The normalized spacial score (nSPS) is 25.9. The Bertz CT molecular complexity index is 344. The van der Waals surface area contributed by atoms with E-state index in [1.807, 2.05) is 0 Å². The lowest BCUT2D eigenvalue weighted by Crippen LogP contribution is -2.58. The number of hydrogen-bond acceptors (Lipinski definition) is 4. The van der Waals surface area contributed by atoms with Crippen LogP contribution < -0.4 is 0 Å². The van der Waals surface area contributed by atoms with Gasteiger partial charge in [-0.1, -0.05) is 11.9 Å². The highest BCUT2D eigenvalue weighted by molar-refractivity contribution is 7.96. The summed E-state index contributed by atoms with van der Waals surface area (Å²) < 4.78 is 62.6. The van der Waals surface area contributed by atoms with Gasteiger partial charge in [0.25, 0.3) is 0 Å². The lowest BCUT2D eigenvalue weighted by Gasteiger charge is -2.39. The average molecular weight is 278 g/mol. The van der Waals surface area contributed by atoms with Crippen LogP contribution in [0.3, 0.4) is 0 Å². The van der Waals surface area contributed by atoms with Crippen molar-refractivity contribution in [1.82, 2.24) is 8.61 Å². The predicted molar refractivity (Wildman–Crippen MR) is 56.5 cm³/mol. The second-order valence-corrected chi connectivity index (χ2v) is 6.32. The zero-order valence-corrected chi connectivity index (χ0v) is 10.5. The molecule has 1 atom stereocenters. The van der Waals surface area contributed by atoms with Gasteiger partial charge < -0.3 is 0 Å². The molecule has 0 aromatic rings. The first-order valence-electron chi connectivity index (χ1n) is 4.49. The molecule has 1 rings (SSSR count). The molecular formula is C7H13F3N2O2S2. The van der Waals surface area contributed by atoms with Gasteiger partial charge in [0.1, 0.15) is 6.04 Å². The van der Waals surface area contributed by atoms with Crippen LogP contribution in [0.1, 0.15) is 0 Å². The molecule has 0 saturated carbocycles. The van der Waals surface area contributed by atoms with Gasteiger partial charge in [0, 0.05) is 19.6 Å². The third kappa shape index (κ3) is 3.25. The van der Waals surface area contributed by atoms with Crippen LogP contribution in [0.25, 0.3) is 0 Å². The first-order chi connectivity index (χ1) is 7.16. The second-order valence-electron chi connectivity index (χ2n) is 3.50. The van der Waals surface area contributed by atoms with Crippen LogP contribution in [-0.4, -0.2) is 61.4 Å². The van der Waals surface area contributed by atoms with Crippen molar-refractivity contribution in [2.45, 2.75) is 12.2 Å². The molecule has 96 valence electrons. The smallest absolute Gasteiger partial charge is 0.248 e. The summed E-state index contributed by atoms with van der Waals surface area (Å²) in [6.45, 7) is -0.137. The molecule has 0 aromatic carbocycles. The van der Waals surface area contributed by atoms with Crippen LogP contribution in [-0.2, 0) is 10.0 Å². The number of sulfonamides is 1. The Kier molecular flexibility index (Phi) is 4.14. The standard InChI is InChI=1S/C7H13F3N2O2S2/c1-15-11-3-4-12(16(2,13)14)6(5-11)7(8,9)10/h6H,3-5H2,1-2H3. The lowest BCUT2D eigenvalue weighted by molar-refractivity contribution is -0.177. The Morgan fingerprint density at radius 1 is 1.31 bits per heavy atom. The molecule has 0 bridgehead atoms. The molecule has 1 heterocycles. The van der Waals surface area contributed by atoms with Crippen LogP contribution >= 0.6 is 11.9 Å². The lowest BCUT2D eigenvalue weighted by atomic mass is 10.2. The number of piperazine rings is 1. The van der Waals surface area contributed by atoms with E-state index in [1.165, 1.54) is 16.3 Å². The first-order valence-corrected chi connectivity index (χ1v) is 7.52. The van der Waals surface area contributed by atoms with E-state index in [0.29, 0.717) is 10.8 Å². The predicted octanol–water partition coefficient (Wildman–Crippen LogP) is 0.772. The minimum atomic E-state index is -4.53. The van der Waals surface area contributed by atoms with E-state index in [-0.39, 0.29) is 13.1 Å². The van der Waals surface area contributed by atoms with Crippen molar-refractivity contribution in [1.29, 1.82) is 0 Å². The molecule has 9 heteroatoms. The van der Waals surface area contributed by atoms with Gasteiger partial charge in [0.2, 0.25) is 10.0 Å². The van der Waals surface area contributed by atoms with E-state index < -0.39 is 22.2 Å². The van der Waals surface area contributed by atoms with Gasteiger partial charge in [-0.05, 0) is 6.26 Å². The molecule has 0 amide bonds. The summed E-state index contributed by atoms with van der Waals surface area (Å²) in [5, 5.41) is 0. The fraction of sp³-hybridized carbons (Fsp3) is 1.00. The van der Waals surface area contributed by atoms with Crippen molar-refractivity contribution < 1.29 is 21.6 Å². The van der Waals surface area contributed by atoms with Crippen molar-refractivity contribution in [2.24, 2.45) is 0 Å². The fourth-order valence-corrected chi connectivity index (χ4v) is 3.19. The molecule has 16 heavy (non-hydrogen) atoms. The molecule has 1 aliphatic heterocycles. The number of halogens is 3. The van der Waals surface area contributed by atoms with Crippen LogP contribution in [0.4, 0.5) is 13.2 Å². The van der Waals surface area contributed by atoms with E-state index in [4.69, 9.17) is 0 Å². The minimum Gasteiger partial charge on any atom is -0.248 e. The van der Waals surface area contributed by atoms with Crippen LogP contribution in [0, 0.1) is 0 Å². The molecule has 0 radical (unpaired) electrons. The Morgan fingerprint density at radius 3 is 2.25 bits per heavy atom. The Balaban J connectivity index is 2.94. The maximum absolute atomic E-state index is 12.7. The highest BCUT2D eigenvalue weighted by atomic mass is 32.2. The van der Waals surface area contributed by atoms with Gasteiger partial charge >= 0.3 is 6.18 Å². The van der Waals surface area contributed by atoms with Gasteiger partial charge in [-0.3, -0.25) is 0 Å². The average Bonchev–Trinajstić information content (AvgIpc) is 2.14. The topological polar surface area (TPSA) is 40.6 Å². The molecule has 1 fully saturated rings. The highest BCUT2D eigenvalue weighted by Gasteiger charge is 2.49. The SMILES string of the molecule is CSN1CCN(S(C)(=O)=O)C(C(F)(F)F)C1. The number of nitrogens with zero attached hydrogens (tertiary/aromatic N) is 2. The number of rotatable bonds is 2. The number of hydrogen-bond donors (Lipinski definition) is 0. The zero-order chi connectivity index (χ0) is 12.6. The Labute approximate surface area is 97.0 Å². The Morgan fingerprint density at radius 2 is 1.88 bits per heavy atom.